The number of hydrogen-bond acceptors (Lipinski definition) is 4. The number of halogens is 2. The van der Waals surface area contributed by atoms with Crippen molar-refractivity contribution in [1.29, 1.82) is 0 Å². The number of hydrogen-bond donors (Lipinski definition) is 1. The highest BCUT2D eigenvalue weighted by atomic mass is 19.1. The lowest BCUT2D eigenvalue weighted by atomic mass is 9.94. The molecule has 33 heavy (non-hydrogen) atoms. The minimum absolute atomic E-state index is 0.188. The van der Waals surface area contributed by atoms with Crippen LogP contribution in [0.15, 0.2) is 72.3 Å². The van der Waals surface area contributed by atoms with Crippen LogP contribution in [0, 0.1) is 11.6 Å². The highest BCUT2D eigenvalue weighted by Crippen LogP contribution is 2.43. The van der Waals surface area contributed by atoms with Crippen LogP contribution in [0.5, 0.6) is 5.75 Å². The van der Waals surface area contributed by atoms with Crippen molar-refractivity contribution in [3.8, 4) is 5.75 Å². The number of aliphatic hydroxyl groups is 1. The Hall–Kier alpha value is -4.00. The first kappa shape index (κ1) is 20.9. The number of aryl methyl sites for hydroxylation is 1. The van der Waals surface area contributed by atoms with Crippen LogP contribution in [0.2, 0.25) is 0 Å². The van der Waals surface area contributed by atoms with E-state index in [0.717, 1.165) is 41.5 Å². The molecule has 2 heterocycles. The SMILES string of the molecule is O=C1C(=O)N(c2cc(F)ccc2F)C(c2ccccc2)/C1=C(/O)c1ccc2c(c1)CCCO2. The van der Waals surface area contributed by atoms with Crippen molar-refractivity contribution in [2.45, 2.75) is 18.9 Å². The molecule has 1 N–H and O–H groups in total. The second-order valence-corrected chi connectivity index (χ2v) is 7.95. The predicted octanol–water partition coefficient (Wildman–Crippen LogP) is 4.92. The third-order valence-electron chi connectivity index (χ3n) is 5.91. The van der Waals surface area contributed by atoms with E-state index in [1.54, 1.807) is 48.5 Å². The number of benzene rings is 3. The number of carbonyl (C=O) groups is 2. The molecule has 2 aliphatic heterocycles. The van der Waals surface area contributed by atoms with Crippen molar-refractivity contribution in [2.24, 2.45) is 0 Å². The quantitative estimate of drug-likeness (QED) is 0.352. The van der Waals surface area contributed by atoms with Gasteiger partial charge in [0.1, 0.15) is 23.1 Å². The number of amides is 1. The first-order valence-corrected chi connectivity index (χ1v) is 10.5. The molecule has 3 aromatic carbocycles. The highest BCUT2D eigenvalue weighted by Gasteiger charge is 2.47. The molecule has 1 unspecified atom stereocenters. The van der Waals surface area contributed by atoms with Crippen molar-refractivity contribution in [1.82, 2.24) is 0 Å². The Balaban J connectivity index is 1.71. The zero-order valence-corrected chi connectivity index (χ0v) is 17.4. The van der Waals surface area contributed by atoms with Crippen LogP contribution in [0.1, 0.15) is 29.2 Å². The average Bonchev–Trinajstić information content (AvgIpc) is 3.10. The predicted molar refractivity (Wildman–Crippen MR) is 118 cm³/mol. The van der Waals surface area contributed by atoms with Crippen LogP contribution in [-0.2, 0) is 16.0 Å². The van der Waals surface area contributed by atoms with Gasteiger partial charge in [-0.25, -0.2) is 8.78 Å². The van der Waals surface area contributed by atoms with Gasteiger partial charge in [0.25, 0.3) is 11.7 Å². The molecule has 0 aromatic heterocycles. The van der Waals surface area contributed by atoms with Crippen molar-refractivity contribution >= 4 is 23.1 Å². The number of anilines is 1. The fourth-order valence-electron chi connectivity index (χ4n) is 4.37. The largest absolute Gasteiger partial charge is 0.507 e. The maximum Gasteiger partial charge on any atom is 0.300 e. The Morgan fingerprint density at radius 2 is 1.79 bits per heavy atom. The molecule has 5 nitrogen and oxygen atoms in total. The summed E-state index contributed by atoms with van der Waals surface area (Å²) < 4.78 is 34.3. The van der Waals surface area contributed by atoms with E-state index in [2.05, 4.69) is 0 Å². The van der Waals surface area contributed by atoms with Gasteiger partial charge in [-0.3, -0.25) is 14.5 Å². The summed E-state index contributed by atoms with van der Waals surface area (Å²) in [6.07, 6.45) is 1.58. The molecule has 1 atom stereocenters. The van der Waals surface area contributed by atoms with Gasteiger partial charge in [-0.2, -0.15) is 0 Å². The zero-order chi connectivity index (χ0) is 23.1. The van der Waals surface area contributed by atoms with E-state index in [1.165, 1.54) is 0 Å². The van der Waals surface area contributed by atoms with E-state index in [1.807, 2.05) is 0 Å². The standard InChI is InChI=1S/C26H19F2NO4/c27-18-9-10-19(28)20(14-18)29-23(15-5-2-1-3-6-15)22(25(31)26(29)32)24(30)17-8-11-21-16(13-17)7-4-12-33-21/h1-3,5-6,8-11,13-14,23,30H,4,7,12H2/b24-22-. The van der Waals surface area contributed by atoms with Gasteiger partial charge in [0.2, 0.25) is 0 Å². The summed E-state index contributed by atoms with van der Waals surface area (Å²) in [5.74, 6) is -3.30. The van der Waals surface area contributed by atoms with Crippen molar-refractivity contribution in [3.63, 3.8) is 0 Å². The Morgan fingerprint density at radius 3 is 2.58 bits per heavy atom. The fourth-order valence-corrected chi connectivity index (χ4v) is 4.37. The Labute approximate surface area is 188 Å². The van der Waals surface area contributed by atoms with Crippen LogP contribution >= 0.6 is 0 Å². The van der Waals surface area contributed by atoms with Crippen molar-refractivity contribution in [2.75, 3.05) is 11.5 Å². The summed E-state index contributed by atoms with van der Waals surface area (Å²) in [5, 5.41) is 11.2. The topological polar surface area (TPSA) is 66.8 Å². The molecule has 0 spiro atoms. The Bertz CT molecular complexity index is 1300. The van der Waals surface area contributed by atoms with E-state index in [4.69, 9.17) is 4.74 Å². The van der Waals surface area contributed by atoms with Gasteiger partial charge < -0.3 is 9.84 Å². The normalized spacial score (nSPS) is 19.3. The molecule has 0 aliphatic carbocycles. The van der Waals surface area contributed by atoms with Crippen LogP contribution in [0.25, 0.3) is 5.76 Å². The molecule has 1 amide bonds. The number of Topliss-reactive ketones (excluding diaryl/α,β-unsaturated/α-hetero) is 1. The van der Waals surface area contributed by atoms with Crippen LogP contribution in [0.3, 0.4) is 0 Å². The summed E-state index contributed by atoms with van der Waals surface area (Å²) >= 11 is 0. The van der Waals surface area contributed by atoms with E-state index >= 15 is 0 Å². The lowest BCUT2D eigenvalue weighted by Crippen LogP contribution is -2.30. The lowest BCUT2D eigenvalue weighted by Gasteiger charge is -2.26. The number of aliphatic hydroxyl groups excluding tert-OH is 1. The molecule has 0 radical (unpaired) electrons. The summed E-state index contributed by atoms with van der Waals surface area (Å²) in [6, 6.07) is 15.1. The number of fused-ring (bicyclic) bond motifs is 1. The highest BCUT2D eigenvalue weighted by molar-refractivity contribution is 6.51. The summed E-state index contributed by atoms with van der Waals surface area (Å²) in [6.45, 7) is 0.608. The van der Waals surface area contributed by atoms with Crippen LogP contribution < -0.4 is 9.64 Å². The molecule has 0 saturated carbocycles. The number of nitrogens with zero attached hydrogens (tertiary/aromatic N) is 1. The molecule has 1 saturated heterocycles. The van der Waals surface area contributed by atoms with E-state index < -0.39 is 29.4 Å². The number of ether oxygens (including phenoxy) is 1. The molecule has 3 aromatic rings. The molecule has 0 bridgehead atoms. The first-order valence-electron chi connectivity index (χ1n) is 10.5. The molecular formula is C26H19F2NO4. The van der Waals surface area contributed by atoms with E-state index in [-0.39, 0.29) is 17.0 Å². The van der Waals surface area contributed by atoms with Crippen LogP contribution in [-0.4, -0.2) is 23.4 Å². The summed E-state index contributed by atoms with van der Waals surface area (Å²) in [4.78, 5) is 27.1. The molecule has 166 valence electrons. The average molecular weight is 447 g/mol. The van der Waals surface area contributed by atoms with Gasteiger partial charge >= 0.3 is 0 Å². The summed E-state index contributed by atoms with van der Waals surface area (Å²) in [7, 11) is 0. The third kappa shape index (κ3) is 3.55. The van der Waals surface area contributed by atoms with Gasteiger partial charge in [0, 0.05) is 11.6 Å². The first-order chi connectivity index (χ1) is 16.0. The zero-order valence-electron chi connectivity index (χ0n) is 17.4. The Kier molecular flexibility index (Phi) is 5.17. The van der Waals surface area contributed by atoms with Gasteiger partial charge in [-0.1, -0.05) is 30.3 Å². The Morgan fingerprint density at radius 1 is 1.00 bits per heavy atom. The maximum atomic E-state index is 14.7. The number of carbonyl (C=O) groups excluding carboxylic acids is 2. The lowest BCUT2D eigenvalue weighted by molar-refractivity contribution is -0.132. The monoisotopic (exact) mass is 447 g/mol. The van der Waals surface area contributed by atoms with Crippen LogP contribution in [0.4, 0.5) is 14.5 Å². The second-order valence-electron chi connectivity index (χ2n) is 7.95. The molecule has 7 heteroatoms. The molecule has 1 fully saturated rings. The molecule has 5 rings (SSSR count). The van der Waals surface area contributed by atoms with Gasteiger partial charge in [0.05, 0.1) is 23.9 Å². The fraction of sp³-hybridized carbons (Fsp3) is 0.154. The smallest absolute Gasteiger partial charge is 0.300 e. The summed E-state index contributed by atoms with van der Waals surface area (Å²) in [5.41, 5.74) is 1.14. The van der Waals surface area contributed by atoms with E-state index in [0.29, 0.717) is 23.5 Å². The maximum absolute atomic E-state index is 14.7. The second kappa shape index (κ2) is 8.16. The van der Waals surface area contributed by atoms with Gasteiger partial charge in [-0.15, -0.1) is 0 Å². The van der Waals surface area contributed by atoms with Gasteiger partial charge in [0.15, 0.2) is 0 Å². The number of ketones is 1. The minimum Gasteiger partial charge on any atom is -0.507 e. The van der Waals surface area contributed by atoms with Gasteiger partial charge in [-0.05, 0) is 54.3 Å². The molecular weight excluding hydrogens is 428 g/mol. The van der Waals surface area contributed by atoms with Crippen molar-refractivity contribution in [3.05, 3.63) is 101 Å². The third-order valence-corrected chi connectivity index (χ3v) is 5.91. The minimum atomic E-state index is -1.13. The van der Waals surface area contributed by atoms with Crippen molar-refractivity contribution < 1.29 is 28.2 Å². The number of rotatable bonds is 3. The van der Waals surface area contributed by atoms with E-state index in [9.17, 15) is 23.5 Å². The molecule has 2 aliphatic rings.